The van der Waals surface area contributed by atoms with Crippen molar-refractivity contribution in [1.82, 2.24) is 15.0 Å². The first kappa shape index (κ1) is 11.0. The van der Waals surface area contributed by atoms with Crippen molar-refractivity contribution in [2.24, 2.45) is 0 Å². The molecule has 0 fully saturated rings. The topological polar surface area (TPSA) is 50.7 Å². The highest BCUT2D eigenvalue weighted by molar-refractivity contribution is 9.10. The summed E-state index contributed by atoms with van der Waals surface area (Å²) >= 11 is 3.43. The molecule has 1 N–H and O–H groups in total. The van der Waals surface area contributed by atoms with Gasteiger partial charge in [0.25, 0.3) is 0 Å². The molecule has 0 saturated heterocycles. The lowest BCUT2D eigenvalue weighted by molar-refractivity contribution is 1.10. The van der Waals surface area contributed by atoms with Crippen molar-refractivity contribution in [3.63, 3.8) is 0 Å². The Morgan fingerprint density at radius 1 is 1.25 bits per heavy atom. The fraction of sp³-hybridized carbons (Fsp3) is 0.182. The van der Waals surface area contributed by atoms with Crippen molar-refractivity contribution < 1.29 is 0 Å². The first-order chi connectivity index (χ1) is 7.81. The molecule has 0 aliphatic rings. The summed E-state index contributed by atoms with van der Waals surface area (Å²) in [7, 11) is 0. The molecule has 0 atom stereocenters. The Kier molecular flexibility index (Phi) is 3.46. The van der Waals surface area contributed by atoms with Crippen LogP contribution >= 0.6 is 15.9 Å². The molecule has 16 heavy (non-hydrogen) atoms. The van der Waals surface area contributed by atoms with Gasteiger partial charge >= 0.3 is 0 Å². The third kappa shape index (κ3) is 2.36. The zero-order chi connectivity index (χ0) is 11.4. The fourth-order valence-electron chi connectivity index (χ4n) is 1.30. The third-order valence-corrected chi connectivity index (χ3v) is 2.62. The zero-order valence-electron chi connectivity index (χ0n) is 8.81. The van der Waals surface area contributed by atoms with Gasteiger partial charge < -0.3 is 5.32 Å². The van der Waals surface area contributed by atoms with Crippen LogP contribution in [0.2, 0.25) is 0 Å². The molecule has 0 unspecified atom stereocenters. The molecule has 2 aromatic rings. The highest BCUT2D eigenvalue weighted by Gasteiger charge is 2.07. The lowest BCUT2D eigenvalue weighted by atomic mass is 10.3. The summed E-state index contributed by atoms with van der Waals surface area (Å²) < 4.78 is 0.892. The predicted octanol–water partition coefficient (Wildman–Crippen LogP) is 2.73. The summed E-state index contributed by atoms with van der Waals surface area (Å²) in [6.07, 6.45) is 3.45. The molecular formula is C11H11BrN4. The predicted molar refractivity (Wildman–Crippen MR) is 67.1 cm³/mol. The summed E-state index contributed by atoms with van der Waals surface area (Å²) in [6, 6.07) is 5.62. The number of rotatable bonds is 3. The van der Waals surface area contributed by atoms with Gasteiger partial charge in [-0.2, -0.15) is 0 Å². The van der Waals surface area contributed by atoms with Crippen molar-refractivity contribution in [1.29, 1.82) is 0 Å². The van der Waals surface area contributed by atoms with Crippen LogP contribution in [0.25, 0.3) is 11.5 Å². The number of hydrogen-bond donors (Lipinski definition) is 1. The van der Waals surface area contributed by atoms with E-state index in [2.05, 4.69) is 36.2 Å². The molecule has 2 rings (SSSR count). The second-order valence-corrected chi connectivity index (χ2v) is 3.98. The second-order valence-electron chi connectivity index (χ2n) is 3.13. The van der Waals surface area contributed by atoms with E-state index in [-0.39, 0.29) is 0 Å². The van der Waals surface area contributed by atoms with Gasteiger partial charge in [0.05, 0.1) is 0 Å². The minimum Gasteiger partial charge on any atom is -0.370 e. The van der Waals surface area contributed by atoms with E-state index < -0.39 is 0 Å². The first-order valence-corrected chi connectivity index (χ1v) is 5.78. The monoisotopic (exact) mass is 278 g/mol. The van der Waals surface area contributed by atoms with Crippen LogP contribution in [0.4, 0.5) is 5.82 Å². The first-order valence-electron chi connectivity index (χ1n) is 4.99. The largest absolute Gasteiger partial charge is 0.370 e. The van der Waals surface area contributed by atoms with Crippen LogP contribution in [0.5, 0.6) is 0 Å². The molecule has 82 valence electrons. The van der Waals surface area contributed by atoms with E-state index in [1.54, 1.807) is 12.4 Å². The van der Waals surface area contributed by atoms with Gasteiger partial charge in [0.1, 0.15) is 11.5 Å². The van der Waals surface area contributed by atoms with E-state index in [1.807, 2.05) is 25.1 Å². The van der Waals surface area contributed by atoms with Crippen LogP contribution in [0, 0.1) is 0 Å². The Morgan fingerprint density at radius 2 is 2.12 bits per heavy atom. The zero-order valence-corrected chi connectivity index (χ0v) is 10.4. The molecule has 0 radical (unpaired) electrons. The molecule has 2 heterocycles. The SMILES string of the molecule is CCNc1ccnc(-c2ncccc2Br)n1. The average molecular weight is 279 g/mol. The second kappa shape index (κ2) is 5.03. The summed E-state index contributed by atoms with van der Waals surface area (Å²) in [5.74, 6) is 1.43. The van der Waals surface area contributed by atoms with E-state index in [9.17, 15) is 0 Å². The van der Waals surface area contributed by atoms with Gasteiger partial charge in [-0.3, -0.25) is 4.98 Å². The van der Waals surface area contributed by atoms with Gasteiger partial charge in [-0.15, -0.1) is 0 Å². The van der Waals surface area contributed by atoms with Gasteiger partial charge in [-0.1, -0.05) is 0 Å². The lowest BCUT2D eigenvalue weighted by Crippen LogP contribution is -2.01. The molecule has 5 heteroatoms. The van der Waals surface area contributed by atoms with E-state index in [4.69, 9.17) is 0 Å². The molecule has 0 saturated carbocycles. The number of halogens is 1. The van der Waals surface area contributed by atoms with E-state index in [1.165, 1.54) is 0 Å². The Balaban J connectivity index is 2.40. The van der Waals surface area contributed by atoms with E-state index >= 15 is 0 Å². The van der Waals surface area contributed by atoms with Crippen molar-refractivity contribution in [3.05, 3.63) is 35.1 Å². The smallest absolute Gasteiger partial charge is 0.181 e. The highest BCUT2D eigenvalue weighted by Crippen LogP contribution is 2.22. The van der Waals surface area contributed by atoms with Crippen LogP contribution in [0.15, 0.2) is 35.1 Å². The van der Waals surface area contributed by atoms with Crippen molar-refractivity contribution in [3.8, 4) is 11.5 Å². The Morgan fingerprint density at radius 3 is 2.88 bits per heavy atom. The Labute approximate surface area is 102 Å². The van der Waals surface area contributed by atoms with Crippen LogP contribution in [0.3, 0.4) is 0 Å². The molecule has 4 nitrogen and oxygen atoms in total. The van der Waals surface area contributed by atoms with Gasteiger partial charge in [0, 0.05) is 23.4 Å². The molecule has 0 aliphatic carbocycles. The molecule has 0 bridgehead atoms. The van der Waals surface area contributed by atoms with Crippen molar-refractivity contribution in [2.75, 3.05) is 11.9 Å². The van der Waals surface area contributed by atoms with Gasteiger partial charge in [0.15, 0.2) is 5.82 Å². The van der Waals surface area contributed by atoms with Crippen LogP contribution < -0.4 is 5.32 Å². The molecular weight excluding hydrogens is 268 g/mol. The highest BCUT2D eigenvalue weighted by atomic mass is 79.9. The number of anilines is 1. The summed E-state index contributed by atoms with van der Waals surface area (Å²) in [5.41, 5.74) is 0.752. The summed E-state index contributed by atoms with van der Waals surface area (Å²) in [4.78, 5) is 12.8. The molecule has 0 amide bonds. The van der Waals surface area contributed by atoms with E-state index in [0.29, 0.717) is 5.82 Å². The van der Waals surface area contributed by atoms with Crippen LogP contribution in [-0.4, -0.2) is 21.5 Å². The number of hydrogen-bond acceptors (Lipinski definition) is 4. The molecule has 0 aliphatic heterocycles. The number of nitrogens with one attached hydrogen (secondary N) is 1. The molecule has 0 spiro atoms. The Bertz CT molecular complexity index is 487. The van der Waals surface area contributed by atoms with Gasteiger partial charge in [-0.05, 0) is 41.1 Å². The minimum atomic E-state index is 0.617. The maximum atomic E-state index is 4.38. The molecule has 0 aromatic carbocycles. The maximum absolute atomic E-state index is 4.38. The molecule has 2 aromatic heterocycles. The van der Waals surface area contributed by atoms with Crippen molar-refractivity contribution >= 4 is 21.7 Å². The summed E-state index contributed by atoms with van der Waals surface area (Å²) in [5, 5.41) is 3.14. The average Bonchev–Trinajstić information content (AvgIpc) is 2.30. The van der Waals surface area contributed by atoms with Gasteiger partial charge in [0.2, 0.25) is 0 Å². The maximum Gasteiger partial charge on any atom is 0.181 e. The third-order valence-electron chi connectivity index (χ3n) is 1.98. The number of nitrogens with zero attached hydrogens (tertiary/aromatic N) is 3. The summed E-state index contributed by atoms with van der Waals surface area (Å²) in [6.45, 7) is 2.86. The lowest BCUT2D eigenvalue weighted by Gasteiger charge is -2.05. The Hall–Kier alpha value is -1.49. The normalized spacial score (nSPS) is 10.1. The standard InChI is InChI=1S/C11H11BrN4/c1-2-13-9-5-7-15-11(16-9)10-8(12)4-3-6-14-10/h3-7H,2H2,1H3,(H,13,15,16). The minimum absolute atomic E-state index is 0.617. The number of aromatic nitrogens is 3. The van der Waals surface area contributed by atoms with Crippen LogP contribution in [0.1, 0.15) is 6.92 Å². The van der Waals surface area contributed by atoms with E-state index in [0.717, 1.165) is 22.5 Å². The number of pyridine rings is 1. The fourth-order valence-corrected chi connectivity index (χ4v) is 1.73. The van der Waals surface area contributed by atoms with Crippen LogP contribution in [-0.2, 0) is 0 Å². The van der Waals surface area contributed by atoms with Gasteiger partial charge in [-0.25, -0.2) is 9.97 Å². The van der Waals surface area contributed by atoms with Crippen molar-refractivity contribution in [2.45, 2.75) is 6.92 Å². The quantitative estimate of drug-likeness (QED) is 0.938.